The van der Waals surface area contributed by atoms with E-state index in [9.17, 15) is 19.2 Å². The van der Waals surface area contributed by atoms with E-state index in [2.05, 4.69) is 42.4 Å². The predicted molar refractivity (Wildman–Crippen MR) is 210 cm³/mol. The normalized spacial score (nSPS) is 17.6. The zero-order valence-corrected chi connectivity index (χ0v) is 32.7. The molecule has 2 saturated heterocycles. The number of amides is 4. The molecule has 2 fully saturated rings. The van der Waals surface area contributed by atoms with Crippen LogP contribution < -0.4 is 10.6 Å². The summed E-state index contributed by atoms with van der Waals surface area (Å²) in [7, 11) is 2.57. The minimum absolute atomic E-state index is 0.117. The maximum atomic E-state index is 13.6. The highest BCUT2D eigenvalue weighted by Gasteiger charge is 2.39. The van der Waals surface area contributed by atoms with Crippen LogP contribution in [0.5, 0.6) is 0 Å². The Balaban J connectivity index is 1.14. The topological polar surface area (TPSA) is 175 Å². The van der Waals surface area contributed by atoms with E-state index in [0.717, 1.165) is 59.3 Å². The second kappa shape index (κ2) is 17.6. The number of carbonyl (C=O) groups is 4. The lowest BCUT2D eigenvalue weighted by molar-refractivity contribution is -0.136. The van der Waals surface area contributed by atoms with E-state index in [-0.39, 0.29) is 35.7 Å². The summed E-state index contributed by atoms with van der Waals surface area (Å²) in [6.07, 6.45) is 5.48. The van der Waals surface area contributed by atoms with Gasteiger partial charge in [0.15, 0.2) is 0 Å². The van der Waals surface area contributed by atoms with Crippen molar-refractivity contribution in [3.8, 4) is 34.4 Å². The van der Waals surface area contributed by atoms with Gasteiger partial charge >= 0.3 is 12.2 Å². The average molecular weight is 763 g/mol. The van der Waals surface area contributed by atoms with Crippen LogP contribution >= 0.6 is 0 Å². The lowest BCUT2D eigenvalue weighted by Gasteiger charge is -2.30. The Labute approximate surface area is 327 Å². The fourth-order valence-electron chi connectivity index (χ4n) is 7.36. The van der Waals surface area contributed by atoms with Crippen LogP contribution in [0.2, 0.25) is 0 Å². The highest BCUT2D eigenvalue weighted by atomic mass is 16.5. The summed E-state index contributed by atoms with van der Waals surface area (Å²) in [5, 5.41) is 5.38. The van der Waals surface area contributed by atoms with E-state index in [0.29, 0.717) is 24.7 Å². The van der Waals surface area contributed by atoms with Crippen molar-refractivity contribution in [2.24, 2.45) is 11.8 Å². The second-order valence-corrected chi connectivity index (χ2v) is 14.9. The quantitative estimate of drug-likeness (QED) is 0.143. The van der Waals surface area contributed by atoms with Crippen molar-refractivity contribution in [2.45, 2.75) is 77.5 Å². The molecule has 0 spiro atoms. The number of rotatable bonds is 10. The van der Waals surface area contributed by atoms with Gasteiger partial charge < -0.3 is 39.9 Å². The highest BCUT2D eigenvalue weighted by Crippen LogP contribution is 2.34. The van der Waals surface area contributed by atoms with Crippen LogP contribution in [0, 0.1) is 23.7 Å². The van der Waals surface area contributed by atoms with Gasteiger partial charge in [-0.05, 0) is 61.8 Å². The Kier molecular flexibility index (Phi) is 12.4. The summed E-state index contributed by atoms with van der Waals surface area (Å²) in [4.78, 5) is 70.9. The van der Waals surface area contributed by atoms with Crippen LogP contribution in [0.25, 0.3) is 22.5 Å². The van der Waals surface area contributed by atoms with E-state index in [1.807, 2.05) is 76.2 Å². The van der Waals surface area contributed by atoms with Gasteiger partial charge in [-0.2, -0.15) is 0 Å². The number of imidazole rings is 2. The van der Waals surface area contributed by atoms with Crippen molar-refractivity contribution < 1.29 is 28.7 Å². The minimum Gasteiger partial charge on any atom is -0.453 e. The Hall–Kier alpha value is -6.10. The maximum Gasteiger partial charge on any atom is 0.407 e. The van der Waals surface area contributed by atoms with Crippen LogP contribution in [0.3, 0.4) is 0 Å². The summed E-state index contributed by atoms with van der Waals surface area (Å²) >= 11 is 0. The number of benzene rings is 2. The van der Waals surface area contributed by atoms with Crippen molar-refractivity contribution in [3.63, 3.8) is 0 Å². The molecule has 4 amide bonds. The average Bonchev–Trinajstić information content (AvgIpc) is 4.04. The van der Waals surface area contributed by atoms with Gasteiger partial charge in [0.05, 0.1) is 50.1 Å². The number of likely N-dealkylation sites (tertiary alicyclic amines) is 2. The van der Waals surface area contributed by atoms with Gasteiger partial charge in [0, 0.05) is 35.3 Å². The molecular formula is C42H50N8O6. The largest absolute Gasteiger partial charge is 0.453 e. The molecule has 0 aliphatic carbocycles. The number of carbonyl (C=O) groups excluding carboxylic acids is 4. The number of alkyl carbamates (subject to hydrolysis) is 2. The number of hydrogen-bond acceptors (Lipinski definition) is 8. The number of nitrogens with one attached hydrogen (secondary N) is 4. The molecule has 0 radical (unpaired) electrons. The molecule has 6 rings (SSSR count). The molecule has 4 aromatic rings. The summed E-state index contributed by atoms with van der Waals surface area (Å²) in [5.41, 5.74) is 5.11. The summed E-state index contributed by atoms with van der Waals surface area (Å²) in [6.45, 7) is 8.73. The van der Waals surface area contributed by atoms with Crippen LogP contribution in [0.1, 0.15) is 88.2 Å². The van der Waals surface area contributed by atoms with Gasteiger partial charge in [0.25, 0.3) is 0 Å². The smallest absolute Gasteiger partial charge is 0.407 e. The standard InChI is InChI=1S/C42H50N8O6/c1-25(2)35(47-41(53)55-5)39(51)49-19-9-15-33(49)37-43-23-31(45-37)29-13-7-11-27(21-29)17-18-28-12-8-14-30(22-28)32-24-44-38(46-32)34-16-10-20-50(34)40(52)36(26(3)4)48-42(54)56-6/h7-8,11-14,21-26,33-36H,9-10,15-16,19-20H2,1-6H3,(H,43,45)(H,44,46)(H,47,53)(H,48,54)/t33-,34-,35-,36-/m0/s1. The van der Waals surface area contributed by atoms with Crippen molar-refractivity contribution in [1.29, 1.82) is 0 Å². The molecule has 0 bridgehead atoms. The number of hydrogen-bond donors (Lipinski definition) is 4. The number of aromatic nitrogens is 4. The first kappa shape index (κ1) is 39.6. The molecule has 4 atom stereocenters. The van der Waals surface area contributed by atoms with E-state index in [1.54, 1.807) is 22.2 Å². The number of ether oxygens (including phenoxy) is 2. The fraction of sp³-hybridized carbons (Fsp3) is 0.429. The lowest BCUT2D eigenvalue weighted by Crippen LogP contribution is -2.51. The van der Waals surface area contributed by atoms with Crippen LogP contribution in [-0.4, -0.2) is 93.1 Å². The summed E-state index contributed by atoms with van der Waals surface area (Å²) < 4.78 is 9.51. The van der Waals surface area contributed by atoms with Gasteiger partial charge in [0.1, 0.15) is 23.7 Å². The minimum atomic E-state index is -0.701. The fourth-order valence-corrected chi connectivity index (χ4v) is 7.36. The molecule has 14 nitrogen and oxygen atoms in total. The predicted octanol–water partition coefficient (Wildman–Crippen LogP) is 5.95. The highest BCUT2D eigenvalue weighted by molar-refractivity contribution is 5.87. The number of H-pyrrole nitrogens is 2. The molecule has 2 aromatic heterocycles. The van der Waals surface area contributed by atoms with E-state index < -0.39 is 24.3 Å². The zero-order chi connectivity index (χ0) is 39.9. The lowest BCUT2D eigenvalue weighted by atomic mass is 10.0. The molecule has 56 heavy (non-hydrogen) atoms. The molecule has 14 heteroatoms. The Morgan fingerprint density at radius 2 is 1.11 bits per heavy atom. The molecule has 2 aliphatic heterocycles. The maximum absolute atomic E-state index is 13.6. The number of nitrogens with zero attached hydrogens (tertiary/aromatic N) is 4. The van der Waals surface area contributed by atoms with Gasteiger partial charge in [-0.25, -0.2) is 19.6 Å². The number of methoxy groups -OCH3 is 2. The van der Waals surface area contributed by atoms with E-state index in [1.165, 1.54) is 14.2 Å². The first-order valence-corrected chi connectivity index (χ1v) is 19.1. The number of aromatic amines is 2. The van der Waals surface area contributed by atoms with E-state index in [4.69, 9.17) is 9.47 Å². The van der Waals surface area contributed by atoms with Crippen molar-refractivity contribution in [3.05, 3.63) is 83.7 Å². The molecule has 2 aromatic carbocycles. The Morgan fingerprint density at radius 1 is 0.696 bits per heavy atom. The Bertz CT molecular complexity index is 1970. The SMILES string of the molecule is COC(=O)N[C@H](C(=O)N1CCC[C@H]1c1ncc(-c2cccc(C#Cc3cccc(-c4cnc([C@@H]5CCCN5C(=O)[C@@H](NC(=O)OC)C(C)C)[nH]4)c3)c2)[nH]1)C(C)C. The van der Waals surface area contributed by atoms with E-state index >= 15 is 0 Å². The molecule has 0 saturated carbocycles. The third kappa shape index (κ3) is 8.88. The van der Waals surface area contributed by atoms with Crippen LogP contribution in [0.15, 0.2) is 60.9 Å². The first-order chi connectivity index (χ1) is 27.0. The van der Waals surface area contributed by atoms with Crippen LogP contribution in [0.4, 0.5) is 9.59 Å². The third-order valence-electron chi connectivity index (χ3n) is 10.4. The van der Waals surface area contributed by atoms with Gasteiger partial charge in [-0.1, -0.05) is 63.8 Å². The Morgan fingerprint density at radius 3 is 1.48 bits per heavy atom. The summed E-state index contributed by atoms with van der Waals surface area (Å²) in [6, 6.07) is 13.9. The van der Waals surface area contributed by atoms with Crippen molar-refractivity contribution >= 4 is 24.0 Å². The molecule has 2 aliphatic rings. The zero-order valence-electron chi connectivity index (χ0n) is 32.7. The molecule has 4 N–H and O–H groups in total. The van der Waals surface area contributed by atoms with Gasteiger partial charge in [-0.3, -0.25) is 9.59 Å². The van der Waals surface area contributed by atoms with Crippen molar-refractivity contribution in [2.75, 3.05) is 27.3 Å². The first-order valence-electron chi connectivity index (χ1n) is 19.1. The second-order valence-electron chi connectivity index (χ2n) is 14.9. The molecular weight excluding hydrogens is 713 g/mol. The third-order valence-corrected chi connectivity index (χ3v) is 10.4. The van der Waals surface area contributed by atoms with Gasteiger partial charge in [0.2, 0.25) is 11.8 Å². The molecule has 4 heterocycles. The van der Waals surface area contributed by atoms with Crippen LogP contribution in [-0.2, 0) is 19.1 Å². The molecule has 0 unspecified atom stereocenters. The summed E-state index contributed by atoms with van der Waals surface area (Å²) in [5.74, 6) is 7.44. The van der Waals surface area contributed by atoms with Crippen molar-refractivity contribution in [1.82, 2.24) is 40.4 Å². The monoisotopic (exact) mass is 762 g/mol. The van der Waals surface area contributed by atoms with Gasteiger partial charge in [-0.15, -0.1) is 0 Å². The molecule has 294 valence electrons.